The molecule has 5 rings (SSSR count). The first-order valence-corrected chi connectivity index (χ1v) is 14.0. The van der Waals surface area contributed by atoms with Crippen molar-refractivity contribution >= 4 is 41.6 Å². The fraction of sp³-hybridized carbons (Fsp3) is 0.360. The van der Waals surface area contributed by atoms with E-state index < -0.39 is 50.5 Å². The summed E-state index contributed by atoms with van der Waals surface area (Å²) in [6.45, 7) is 1.74. The minimum absolute atomic E-state index is 0.0652. The number of benzene rings is 2. The summed E-state index contributed by atoms with van der Waals surface area (Å²) >= 11 is 0. The van der Waals surface area contributed by atoms with Gasteiger partial charge in [-0.1, -0.05) is 36.4 Å². The van der Waals surface area contributed by atoms with Gasteiger partial charge in [-0.2, -0.15) is 15.1 Å². The molecule has 2 aromatic carbocycles. The van der Waals surface area contributed by atoms with Crippen LogP contribution < -0.4 is 20.1 Å². The van der Waals surface area contributed by atoms with Crippen LogP contribution in [0.25, 0.3) is 21.9 Å². The number of methoxy groups -OCH3 is 1. The van der Waals surface area contributed by atoms with E-state index >= 15 is 4.39 Å². The van der Waals surface area contributed by atoms with Gasteiger partial charge in [0.15, 0.2) is 23.1 Å². The highest BCUT2D eigenvalue weighted by Gasteiger charge is 2.56. The van der Waals surface area contributed by atoms with E-state index in [9.17, 15) is 19.6 Å². The summed E-state index contributed by atoms with van der Waals surface area (Å²) < 4.78 is 53.4. The van der Waals surface area contributed by atoms with Gasteiger partial charge >= 0.3 is 13.7 Å². The number of carboxylic acids is 1. The molecule has 6 atom stereocenters. The number of carbonyl (C=O) groups is 1. The molecule has 0 radical (unpaired) electrons. The monoisotopic (exact) mass is 590 g/mol. The van der Waals surface area contributed by atoms with Crippen molar-refractivity contribution in [1.82, 2.24) is 24.6 Å². The fourth-order valence-electron chi connectivity index (χ4n) is 4.53. The first kappa shape index (κ1) is 28.6. The summed E-state index contributed by atoms with van der Waals surface area (Å²) in [6.07, 6.45) is -3.35. The number of nitrogens with zero attached hydrogens (tertiary/aromatic N) is 4. The quantitative estimate of drug-likeness (QED) is 0.197. The largest absolute Gasteiger partial charge is 0.480 e. The summed E-state index contributed by atoms with van der Waals surface area (Å²) in [4.78, 5) is 23.8. The minimum atomic E-state index is -4.43. The summed E-state index contributed by atoms with van der Waals surface area (Å²) in [6, 6.07) is 10.8. The second kappa shape index (κ2) is 10.8. The third kappa shape index (κ3) is 5.42. The highest BCUT2D eigenvalue weighted by atomic mass is 31.2. The smallest absolute Gasteiger partial charge is 0.459 e. The first-order valence-electron chi connectivity index (χ1n) is 12.4. The summed E-state index contributed by atoms with van der Waals surface area (Å²) in [5.41, 5.74) is 3.64. The molecular formula is C25H28FN6O8P. The number of fused-ring (bicyclic) bond motifs is 2. The van der Waals surface area contributed by atoms with E-state index in [2.05, 4.69) is 20.0 Å². The van der Waals surface area contributed by atoms with Crippen molar-refractivity contribution in [1.29, 1.82) is 0 Å². The number of hydrogen-bond donors (Lipinski definition) is 4. The molecule has 0 bridgehead atoms. The number of halogens is 1. The molecule has 16 heteroatoms. The van der Waals surface area contributed by atoms with Crippen LogP contribution in [-0.4, -0.2) is 73.3 Å². The predicted molar refractivity (Wildman–Crippen MR) is 144 cm³/mol. The van der Waals surface area contributed by atoms with Gasteiger partial charge in [0.25, 0.3) is 0 Å². The molecule has 0 saturated carbocycles. The van der Waals surface area contributed by atoms with Gasteiger partial charge in [0.1, 0.15) is 24.0 Å². The Morgan fingerprint density at radius 3 is 2.76 bits per heavy atom. The van der Waals surface area contributed by atoms with Gasteiger partial charge in [-0.15, -0.1) is 0 Å². The number of aliphatic hydroxyl groups excluding tert-OH is 1. The van der Waals surface area contributed by atoms with Crippen molar-refractivity contribution in [2.75, 3.05) is 19.5 Å². The second-order valence-electron chi connectivity index (χ2n) is 9.59. The molecule has 1 aliphatic rings. The zero-order valence-corrected chi connectivity index (χ0v) is 23.1. The van der Waals surface area contributed by atoms with E-state index in [1.54, 1.807) is 24.3 Å². The van der Waals surface area contributed by atoms with Gasteiger partial charge in [-0.25, -0.2) is 13.9 Å². The van der Waals surface area contributed by atoms with Crippen molar-refractivity contribution < 1.29 is 42.5 Å². The van der Waals surface area contributed by atoms with E-state index in [0.29, 0.717) is 5.39 Å². The Labute approximate surface area is 232 Å². The van der Waals surface area contributed by atoms with Gasteiger partial charge in [-0.3, -0.25) is 13.9 Å². The Hall–Kier alpha value is -3.88. The van der Waals surface area contributed by atoms with Crippen molar-refractivity contribution in [3.63, 3.8) is 0 Å². The van der Waals surface area contributed by atoms with Gasteiger partial charge in [-0.05, 0) is 25.3 Å². The highest BCUT2D eigenvalue weighted by Crippen LogP contribution is 2.49. The Morgan fingerprint density at radius 2 is 2.02 bits per heavy atom. The number of imidazole rings is 1. The molecule has 3 heterocycles. The normalized spacial score (nSPS) is 24.8. The van der Waals surface area contributed by atoms with Crippen LogP contribution in [-0.2, 0) is 18.6 Å². The number of aliphatic hydroxyl groups is 1. The molecular weight excluding hydrogens is 562 g/mol. The summed E-state index contributed by atoms with van der Waals surface area (Å²) in [7, 11) is -3.07. The van der Waals surface area contributed by atoms with E-state index in [1.807, 2.05) is 18.2 Å². The van der Waals surface area contributed by atoms with Crippen LogP contribution in [0.4, 0.5) is 10.3 Å². The van der Waals surface area contributed by atoms with Crippen molar-refractivity contribution in [2.45, 2.75) is 44.0 Å². The lowest BCUT2D eigenvalue weighted by atomic mass is 9.98. The molecule has 0 spiro atoms. The molecule has 0 amide bonds. The first-order chi connectivity index (χ1) is 19.4. The van der Waals surface area contributed by atoms with Gasteiger partial charge < -0.3 is 29.9 Å². The zero-order valence-electron chi connectivity index (χ0n) is 22.2. The third-order valence-corrected chi connectivity index (χ3v) is 8.30. The molecule has 1 saturated heterocycles. The summed E-state index contributed by atoms with van der Waals surface area (Å²) in [5, 5.41) is 24.0. The third-order valence-electron chi connectivity index (χ3n) is 6.67. The fourth-order valence-corrected chi connectivity index (χ4v) is 6.06. The van der Waals surface area contributed by atoms with Crippen molar-refractivity contribution in [3.8, 4) is 11.6 Å². The van der Waals surface area contributed by atoms with E-state index in [4.69, 9.17) is 24.3 Å². The van der Waals surface area contributed by atoms with Crippen LogP contribution in [0, 0.1) is 0 Å². The number of aliphatic carboxylic acids is 1. The molecule has 1 fully saturated rings. The molecule has 5 N–H and O–H groups in total. The summed E-state index contributed by atoms with van der Waals surface area (Å²) in [5.74, 6) is -1.24. The number of carboxylic acid groups (broad SMARTS) is 1. The molecule has 2 aromatic heterocycles. The number of rotatable bonds is 10. The molecule has 218 valence electrons. The van der Waals surface area contributed by atoms with Crippen LogP contribution in [0.15, 0.2) is 48.8 Å². The SMILES string of the molecule is COc1nc(N)nc2c1ncn2[C@@H]1O[C@H](COP(=O)(NC(C)C(=O)O)Oc2cccc3ccccc23)[C@@H](O)[C@@]1(C)F. The minimum Gasteiger partial charge on any atom is -0.480 e. The van der Waals surface area contributed by atoms with Crippen LogP contribution >= 0.6 is 7.75 Å². The van der Waals surface area contributed by atoms with Crippen LogP contribution in [0.3, 0.4) is 0 Å². The molecule has 2 unspecified atom stereocenters. The lowest BCUT2D eigenvalue weighted by Crippen LogP contribution is -2.41. The van der Waals surface area contributed by atoms with Gasteiger partial charge in [0.05, 0.1) is 20.0 Å². The number of hydrogen-bond acceptors (Lipinski definition) is 11. The Kier molecular flexibility index (Phi) is 7.57. The van der Waals surface area contributed by atoms with E-state index in [0.717, 1.165) is 12.3 Å². The number of anilines is 1. The molecule has 41 heavy (non-hydrogen) atoms. The van der Waals surface area contributed by atoms with Gasteiger partial charge in [0.2, 0.25) is 11.8 Å². The average molecular weight is 591 g/mol. The molecule has 0 aliphatic carbocycles. The maximum Gasteiger partial charge on any atom is 0.459 e. The predicted octanol–water partition coefficient (Wildman–Crippen LogP) is 2.82. The lowest BCUT2D eigenvalue weighted by Gasteiger charge is -2.25. The van der Waals surface area contributed by atoms with Crippen molar-refractivity contribution in [2.24, 2.45) is 0 Å². The van der Waals surface area contributed by atoms with Crippen LogP contribution in [0.2, 0.25) is 0 Å². The number of nitrogens with one attached hydrogen (secondary N) is 1. The molecule has 1 aliphatic heterocycles. The van der Waals surface area contributed by atoms with Gasteiger partial charge in [0, 0.05) is 5.39 Å². The molecule has 4 aromatic rings. The zero-order chi connectivity index (χ0) is 29.5. The van der Waals surface area contributed by atoms with E-state index in [-0.39, 0.29) is 28.7 Å². The Morgan fingerprint density at radius 1 is 1.29 bits per heavy atom. The Bertz CT molecular complexity index is 1650. The molecule has 14 nitrogen and oxygen atoms in total. The number of nitrogen functional groups attached to an aromatic ring is 1. The van der Waals surface area contributed by atoms with Crippen LogP contribution in [0.1, 0.15) is 20.1 Å². The highest BCUT2D eigenvalue weighted by molar-refractivity contribution is 7.52. The van der Waals surface area contributed by atoms with Crippen molar-refractivity contribution in [3.05, 3.63) is 48.8 Å². The van der Waals surface area contributed by atoms with E-state index in [1.165, 1.54) is 24.9 Å². The number of ether oxygens (including phenoxy) is 2. The lowest BCUT2D eigenvalue weighted by molar-refractivity contribution is -0.138. The standard InChI is InChI=1S/C25H28FN6O8P/c1-13(22(34)35)31-41(36,40-16-10-6-8-14-7-4-5-9-15(14)16)38-11-17-19(33)25(2,26)23(39-17)32-12-28-18-20(32)29-24(27)30-21(18)37-3/h4-10,12-13,17,19,23,33H,11H2,1-3H3,(H,31,36)(H,34,35)(H2,27,29,30)/t13?,17-,19-,23-,25-,41?/m1/s1. The van der Waals surface area contributed by atoms with Crippen LogP contribution in [0.5, 0.6) is 11.6 Å². The number of aromatic nitrogens is 4. The maximum absolute atomic E-state index is 16.0. The maximum atomic E-state index is 16.0. The average Bonchev–Trinajstić information content (AvgIpc) is 3.44. The second-order valence-corrected chi connectivity index (χ2v) is 11.3. The number of nitrogens with two attached hydrogens (primary N) is 1. The Balaban J connectivity index is 1.42. The number of alkyl halides is 1. The topological polar surface area (TPSA) is 193 Å².